The van der Waals surface area contributed by atoms with Crippen LogP contribution < -0.4 is 4.90 Å². The Labute approximate surface area is 160 Å². The van der Waals surface area contributed by atoms with Crippen LogP contribution in [-0.2, 0) is 9.47 Å². The summed E-state index contributed by atoms with van der Waals surface area (Å²) in [5.74, 6) is -0.144. The molecular formula is C16H23BrN4O5. The summed E-state index contributed by atoms with van der Waals surface area (Å²) in [7, 11) is 0. The van der Waals surface area contributed by atoms with E-state index in [0.29, 0.717) is 42.9 Å². The number of ether oxygens (including phenoxy) is 2. The van der Waals surface area contributed by atoms with E-state index in [1.54, 1.807) is 26.8 Å². The van der Waals surface area contributed by atoms with Gasteiger partial charge in [0.25, 0.3) is 0 Å². The van der Waals surface area contributed by atoms with Crippen LogP contribution in [0.1, 0.15) is 20.8 Å². The number of nitrogens with zero attached hydrogens (tertiary/aromatic N) is 4. The first-order chi connectivity index (χ1) is 12.2. The van der Waals surface area contributed by atoms with Gasteiger partial charge in [0, 0.05) is 32.7 Å². The first-order valence-corrected chi connectivity index (χ1v) is 9.08. The number of rotatable bonds is 5. The lowest BCUT2D eigenvalue weighted by atomic mass is 10.2. The molecule has 0 saturated carbocycles. The highest BCUT2D eigenvalue weighted by Crippen LogP contribution is 2.29. The lowest BCUT2D eigenvalue weighted by Gasteiger charge is -2.35. The van der Waals surface area contributed by atoms with Crippen LogP contribution in [0.4, 0.5) is 16.3 Å². The zero-order valence-corrected chi connectivity index (χ0v) is 16.7. The SMILES string of the molecule is CC(C)(C)OC(=O)OCCN1CCN(c2cc(Br)cnc2[N+](=O)[O-])CC1. The number of hydrogen-bond acceptors (Lipinski definition) is 8. The van der Waals surface area contributed by atoms with Crippen LogP contribution in [0.15, 0.2) is 16.7 Å². The molecule has 26 heavy (non-hydrogen) atoms. The fraction of sp³-hybridized carbons (Fsp3) is 0.625. The molecule has 144 valence electrons. The van der Waals surface area contributed by atoms with Crippen LogP contribution in [0.2, 0.25) is 0 Å². The number of carbonyl (C=O) groups excluding carboxylic acids is 1. The van der Waals surface area contributed by atoms with Crippen molar-refractivity contribution in [2.24, 2.45) is 0 Å². The van der Waals surface area contributed by atoms with Gasteiger partial charge in [0.15, 0.2) is 6.20 Å². The Kier molecular flexibility index (Phi) is 6.76. The van der Waals surface area contributed by atoms with E-state index in [2.05, 4.69) is 25.8 Å². The third-order valence-corrected chi connectivity index (χ3v) is 4.15. The predicted octanol–water partition coefficient (Wildman–Crippen LogP) is 2.83. The zero-order valence-electron chi connectivity index (χ0n) is 15.1. The summed E-state index contributed by atoms with van der Waals surface area (Å²) in [5, 5.41) is 11.2. The molecule has 2 rings (SSSR count). The molecule has 10 heteroatoms. The highest BCUT2D eigenvalue weighted by Gasteiger charge is 2.25. The molecule has 0 aliphatic carbocycles. The van der Waals surface area contributed by atoms with E-state index in [4.69, 9.17) is 9.47 Å². The van der Waals surface area contributed by atoms with Crippen molar-refractivity contribution in [1.29, 1.82) is 0 Å². The fourth-order valence-corrected chi connectivity index (χ4v) is 2.86. The molecule has 1 aromatic heterocycles. The average Bonchev–Trinajstić information content (AvgIpc) is 2.53. The lowest BCUT2D eigenvalue weighted by Crippen LogP contribution is -2.47. The Morgan fingerprint density at radius 2 is 2.00 bits per heavy atom. The second-order valence-electron chi connectivity index (χ2n) is 6.89. The van der Waals surface area contributed by atoms with Crippen molar-refractivity contribution in [2.75, 3.05) is 44.2 Å². The molecule has 0 N–H and O–H groups in total. The maximum atomic E-state index is 11.5. The van der Waals surface area contributed by atoms with Crippen LogP contribution in [0.3, 0.4) is 0 Å². The normalized spacial score (nSPS) is 15.6. The molecule has 0 aromatic carbocycles. The highest BCUT2D eigenvalue weighted by molar-refractivity contribution is 9.10. The molecule has 1 saturated heterocycles. The lowest BCUT2D eigenvalue weighted by molar-refractivity contribution is -0.388. The molecule has 0 atom stereocenters. The van der Waals surface area contributed by atoms with Gasteiger partial charge >= 0.3 is 12.0 Å². The van der Waals surface area contributed by atoms with E-state index in [9.17, 15) is 14.9 Å². The fourth-order valence-electron chi connectivity index (χ4n) is 2.54. The van der Waals surface area contributed by atoms with Gasteiger partial charge in [-0.25, -0.2) is 4.79 Å². The van der Waals surface area contributed by atoms with Gasteiger partial charge < -0.3 is 24.5 Å². The summed E-state index contributed by atoms with van der Waals surface area (Å²) < 4.78 is 10.9. The second-order valence-corrected chi connectivity index (χ2v) is 7.81. The third kappa shape index (κ3) is 6.10. The van der Waals surface area contributed by atoms with Crippen LogP contribution in [0.5, 0.6) is 0 Å². The molecule has 1 fully saturated rings. The number of hydrogen-bond donors (Lipinski definition) is 0. The van der Waals surface area contributed by atoms with Crippen molar-refractivity contribution < 1.29 is 19.2 Å². The van der Waals surface area contributed by atoms with Crippen LogP contribution >= 0.6 is 15.9 Å². The first-order valence-electron chi connectivity index (χ1n) is 8.29. The van der Waals surface area contributed by atoms with Crippen molar-refractivity contribution in [1.82, 2.24) is 9.88 Å². The molecule has 0 amide bonds. The van der Waals surface area contributed by atoms with E-state index in [-0.39, 0.29) is 12.4 Å². The number of aromatic nitrogens is 1. The van der Waals surface area contributed by atoms with Gasteiger partial charge in [0.1, 0.15) is 17.9 Å². The number of nitro groups is 1. The molecule has 1 aromatic rings. The number of piperazine rings is 1. The van der Waals surface area contributed by atoms with Gasteiger partial charge in [0.2, 0.25) is 0 Å². The van der Waals surface area contributed by atoms with Crippen LogP contribution in [0.25, 0.3) is 0 Å². The third-order valence-electron chi connectivity index (χ3n) is 3.72. The van der Waals surface area contributed by atoms with Gasteiger partial charge in [-0.2, -0.15) is 0 Å². The minimum atomic E-state index is -0.674. The van der Waals surface area contributed by atoms with E-state index in [1.165, 1.54) is 6.20 Å². The maximum Gasteiger partial charge on any atom is 0.508 e. The molecule has 0 bridgehead atoms. The van der Waals surface area contributed by atoms with Gasteiger partial charge in [-0.3, -0.25) is 4.90 Å². The number of halogens is 1. The van der Waals surface area contributed by atoms with Gasteiger partial charge in [-0.1, -0.05) is 0 Å². The van der Waals surface area contributed by atoms with Crippen molar-refractivity contribution >= 4 is 33.6 Å². The average molecular weight is 431 g/mol. The van der Waals surface area contributed by atoms with Crippen molar-refractivity contribution in [3.8, 4) is 0 Å². The quantitative estimate of drug-likeness (QED) is 0.399. The first kappa shape index (κ1) is 20.4. The molecule has 1 aliphatic rings. The molecule has 9 nitrogen and oxygen atoms in total. The Morgan fingerprint density at radius 3 is 2.58 bits per heavy atom. The Morgan fingerprint density at radius 1 is 1.35 bits per heavy atom. The Bertz CT molecular complexity index is 657. The Hall–Kier alpha value is -1.94. The molecular weight excluding hydrogens is 408 g/mol. The van der Waals surface area contributed by atoms with Gasteiger partial charge in [-0.05, 0) is 52.7 Å². The summed E-state index contributed by atoms with van der Waals surface area (Å²) in [6.45, 7) is 8.86. The number of carbonyl (C=O) groups is 1. The summed E-state index contributed by atoms with van der Waals surface area (Å²) in [5.41, 5.74) is -0.0656. The summed E-state index contributed by atoms with van der Waals surface area (Å²) in [6, 6.07) is 1.71. The van der Waals surface area contributed by atoms with Gasteiger partial charge in [-0.15, -0.1) is 0 Å². The smallest absolute Gasteiger partial charge is 0.433 e. The standard InChI is InChI=1S/C16H23BrN4O5/c1-16(2,3)26-15(22)25-9-8-19-4-6-20(7-5-19)13-10-12(17)11-18-14(13)21(23)24/h10-11H,4-9H2,1-3H3. The Balaban J connectivity index is 1.82. The topological polar surface area (TPSA) is 98.0 Å². The van der Waals surface area contributed by atoms with Crippen molar-refractivity contribution in [2.45, 2.75) is 26.4 Å². The van der Waals surface area contributed by atoms with E-state index in [1.807, 2.05) is 4.90 Å². The summed E-state index contributed by atoms with van der Waals surface area (Å²) in [4.78, 5) is 30.2. The van der Waals surface area contributed by atoms with Gasteiger partial charge in [0.05, 0.1) is 4.47 Å². The molecule has 2 heterocycles. The summed E-state index contributed by atoms with van der Waals surface area (Å²) in [6.07, 6.45) is 0.748. The molecule has 0 unspecified atom stereocenters. The van der Waals surface area contributed by atoms with Crippen LogP contribution in [0, 0.1) is 10.1 Å². The second kappa shape index (κ2) is 8.63. The molecule has 0 spiro atoms. The minimum Gasteiger partial charge on any atom is -0.433 e. The highest BCUT2D eigenvalue weighted by atomic mass is 79.9. The monoisotopic (exact) mass is 430 g/mol. The molecule has 1 aliphatic heterocycles. The molecule has 0 radical (unpaired) electrons. The van der Waals surface area contributed by atoms with Crippen molar-refractivity contribution in [3.63, 3.8) is 0 Å². The van der Waals surface area contributed by atoms with Crippen molar-refractivity contribution in [3.05, 3.63) is 26.9 Å². The largest absolute Gasteiger partial charge is 0.508 e. The van der Waals surface area contributed by atoms with E-state index >= 15 is 0 Å². The minimum absolute atomic E-state index is 0.144. The number of anilines is 1. The zero-order chi connectivity index (χ0) is 19.3. The van der Waals surface area contributed by atoms with E-state index < -0.39 is 16.7 Å². The maximum absolute atomic E-state index is 11.5. The predicted molar refractivity (Wildman–Crippen MR) is 99.4 cm³/mol. The van der Waals surface area contributed by atoms with E-state index in [0.717, 1.165) is 0 Å². The summed E-state index contributed by atoms with van der Waals surface area (Å²) >= 11 is 3.31. The van der Waals surface area contributed by atoms with Crippen LogP contribution in [-0.4, -0.2) is 65.9 Å². The number of pyridine rings is 1.